The van der Waals surface area contributed by atoms with E-state index in [1.54, 1.807) is 17.7 Å². The molecule has 0 unspecified atom stereocenters. The van der Waals surface area contributed by atoms with Gasteiger partial charge in [-0.1, -0.05) is 12.8 Å². The summed E-state index contributed by atoms with van der Waals surface area (Å²) in [6.07, 6.45) is 6.83. The fourth-order valence-corrected chi connectivity index (χ4v) is 3.68. The van der Waals surface area contributed by atoms with Crippen LogP contribution < -0.4 is 4.90 Å². The number of rotatable bonds is 4. The largest absolute Gasteiger partial charge is 0.352 e. The second kappa shape index (κ2) is 5.41. The van der Waals surface area contributed by atoms with Gasteiger partial charge in [0.05, 0.1) is 5.39 Å². The number of nitrogens with zero attached hydrogens (tertiary/aromatic N) is 3. The maximum atomic E-state index is 5.97. The van der Waals surface area contributed by atoms with Crippen LogP contribution in [0, 0.1) is 0 Å². The molecule has 1 aliphatic carbocycles. The van der Waals surface area contributed by atoms with Crippen LogP contribution in [0.5, 0.6) is 0 Å². The first-order valence-electron chi connectivity index (χ1n) is 6.41. The van der Waals surface area contributed by atoms with E-state index in [-0.39, 0.29) is 0 Å². The number of fused-ring (bicyclic) bond motifs is 1. The molecule has 1 saturated carbocycles. The molecule has 0 spiro atoms. The Labute approximate surface area is 116 Å². The lowest BCUT2D eigenvalue weighted by atomic mass is 10.2. The summed E-state index contributed by atoms with van der Waals surface area (Å²) in [5.41, 5.74) is 0. The van der Waals surface area contributed by atoms with Crippen molar-refractivity contribution >= 4 is 39.0 Å². The standard InChI is InChI=1S/C13H16ClN3S/c14-6-7-17(10-3-1-2-4-10)12-11-5-8-18-13(11)16-9-15-12/h5,8-10H,1-4,6-7H2. The van der Waals surface area contributed by atoms with Gasteiger partial charge in [-0.05, 0) is 24.3 Å². The molecule has 18 heavy (non-hydrogen) atoms. The predicted octanol–water partition coefficient (Wildman–Crippen LogP) is 3.68. The molecule has 0 atom stereocenters. The van der Waals surface area contributed by atoms with Crippen LogP contribution in [0.2, 0.25) is 0 Å². The van der Waals surface area contributed by atoms with Gasteiger partial charge in [-0.2, -0.15) is 0 Å². The molecule has 2 aromatic heterocycles. The zero-order valence-electron chi connectivity index (χ0n) is 10.2. The topological polar surface area (TPSA) is 29.0 Å². The van der Waals surface area contributed by atoms with Crippen LogP contribution in [0.25, 0.3) is 10.2 Å². The van der Waals surface area contributed by atoms with E-state index >= 15 is 0 Å². The summed E-state index contributed by atoms with van der Waals surface area (Å²) in [5.74, 6) is 1.71. The van der Waals surface area contributed by atoms with E-state index in [2.05, 4.69) is 26.3 Å². The van der Waals surface area contributed by atoms with E-state index < -0.39 is 0 Å². The Morgan fingerprint density at radius 1 is 1.33 bits per heavy atom. The molecular formula is C13H16ClN3S. The highest BCUT2D eigenvalue weighted by Gasteiger charge is 2.24. The van der Waals surface area contributed by atoms with E-state index in [4.69, 9.17) is 11.6 Å². The van der Waals surface area contributed by atoms with E-state index in [0.717, 1.165) is 17.2 Å². The van der Waals surface area contributed by atoms with Crippen molar-refractivity contribution in [1.82, 2.24) is 9.97 Å². The van der Waals surface area contributed by atoms with E-state index in [9.17, 15) is 0 Å². The van der Waals surface area contributed by atoms with Crippen molar-refractivity contribution in [2.75, 3.05) is 17.3 Å². The molecule has 0 aliphatic heterocycles. The Balaban J connectivity index is 2.00. The minimum Gasteiger partial charge on any atom is -0.352 e. The predicted molar refractivity (Wildman–Crippen MR) is 77.7 cm³/mol. The van der Waals surface area contributed by atoms with Crippen molar-refractivity contribution in [2.45, 2.75) is 31.7 Å². The number of alkyl halides is 1. The first kappa shape index (κ1) is 12.2. The summed E-state index contributed by atoms with van der Waals surface area (Å²) < 4.78 is 0. The van der Waals surface area contributed by atoms with Gasteiger partial charge in [0.25, 0.3) is 0 Å². The fraction of sp³-hybridized carbons (Fsp3) is 0.538. The average molecular weight is 282 g/mol. The molecular weight excluding hydrogens is 266 g/mol. The Morgan fingerprint density at radius 2 is 2.17 bits per heavy atom. The highest BCUT2D eigenvalue weighted by Crippen LogP contribution is 2.32. The van der Waals surface area contributed by atoms with Crippen molar-refractivity contribution in [3.05, 3.63) is 17.8 Å². The van der Waals surface area contributed by atoms with Gasteiger partial charge in [0.1, 0.15) is 17.0 Å². The van der Waals surface area contributed by atoms with Crippen molar-refractivity contribution in [3.8, 4) is 0 Å². The third-order valence-corrected chi connectivity index (χ3v) is 4.59. The molecule has 2 heterocycles. The number of thiophene rings is 1. The zero-order chi connectivity index (χ0) is 12.4. The Morgan fingerprint density at radius 3 is 2.94 bits per heavy atom. The number of anilines is 1. The second-order valence-corrected chi connectivity index (χ2v) is 5.93. The SMILES string of the molecule is ClCCN(c1ncnc2sccc12)C1CCCC1. The van der Waals surface area contributed by atoms with Gasteiger partial charge in [0, 0.05) is 18.5 Å². The summed E-state index contributed by atoms with van der Waals surface area (Å²) in [4.78, 5) is 12.3. The number of halogens is 1. The lowest BCUT2D eigenvalue weighted by Gasteiger charge is -2.29. The number of aromatic nitrogens is 2. The van der Waals surface area contributed by atoms with Gasteiger partial charge < -0.3 is 4.90 Å². The average Bonchev–Trinajstić information content (AvgIpc) is 3.06. The highest BCUT2D eigenvalue weighted by molar-refractivity contribution is 7.16. The smallest absolute Gasteiger partial charge is 0.141 e. The normalized spacial score (nSPS) is 16.5. The molecule has 3 rings (SSSR count). The van der Waals surface area contributed by atoms with Gasteiger partial charge in [0.2, 0.25) is 0 Å². The molecule has 5 heteroatoms. The van der Waals surface area contributed by atoms with Crippen LogP contribution in [0.15, 0.2) is 17.8 Å². The van der Waals surface area contributed by atoms with Crippen molar-refractivity contribution in [1.29, 1.82) is 0 Å². The van der Waals surface area contributed by atoms with Crippen LogP contribution in [0.1, 0.15) is 25.7 Å². The monoisotopic (exact) mass is 281 g/mol. The molecule has 0 aromatic carbocycles. The molecule has 1 fully saturated rings. The zero-order valence-corrected chi connectivity index (χ0v) is 11.8. The van der Waals surface area contributed by atoms with Crippen LogP contribution in [0.3, 0.4) is 0 Å². The lowest BCUT2D eigenvalue weighted by molar-refractivity contribution is 0.616. The summed E-state index contributed by atoms with van der Waals surface area (Å²) >= 11 is 7.64. The first-order chi connectivity index (χ1) is 8.90. The second-order valence-electron chi connectivity index (χ2n) is 4.66. The molecule has 0 N–H and O–H groups in total. The summed E-state index contributed by atoms with van der Waals surface area (Å²) in [6, 6.07) is 2.72. The Bertz CT molecular complexity index is 522. The fourth-order valence-electron chi connectivity index (χ4n) is 2.77. The van der Waals surface area contributed by atoms with Gasteiger partial charge in [-0.25, -0.2) is 9.97 Å². The molecule has 1 aliphatic rings. The third-order valence-electron chi connectivity index (χ3n) is 3.60. The van der Waals surface area contributed by atoms with Gasteiger partial charge in [0.15, 0.2) is 0 Å². The molecule has 0 saturated heterocycles. The molecule has 2 aromatic rings. The summed E-state index contributed by atoms with van der Waals surface area (Å²) in [7, 11) is 0. The highest BCUT2D eigenvalue weighted by atomic mass is 35.5. The molecule has 96 valence electrons. The van der Waals surface area contributed by atoms with Gasteiger partial charge >= 0.3 is 0 Å². The van der Waals surface area contributed by atoms with Gasteiger partial charge in [-0.3, -0.25) is 0 Å². The maximum Gasteiger partial charge on any atom is 0.141 e. The van der Waals surface area contributed by atoms with E-state index in [1.807, 2.05) is 0 Å². The Hall–Kier alpha value is -0.870. The van der Waals surface area contributed by atoms with Crippen LogP contribution in [0.4, 0.5) is 5.82 Å². The Kier molecular flexibility index (Phi) is 3.66. The van der Waals surface area contributed by atoms with Crippen LogP contribution >= 0.6 is 22.9 Å². The molecule has 0 radical (unpaired) electrons. The first-order valence-corrected chi connectivity index (χ1v) is 7.82. The summed E-state index contributed by atoms with van der Waals surface area (Å²) in [6.45, 7) is 0.869. The minimum absolute atomic E-state index is 0.599. The van der Waals surface area contributed by atoms with Gasteiger partial charge in [-0.15, -0.1) is 22.9 Å². The lowest BCUT2D eigenvalue weighted by Crippen LogP contribution is -2.35. The number of hydrogen-bond donors (Lipinski definition) is 0. The van der Waals surface area contributed by atoms with Crippen LogP contribution in [-0.2, 0) is 0 Å². The summed E-state index contributed by atoms with van der Waals surface area (Å²) in [5, 5.41) is 3.25. The van der Waals surface area contributed by atoms with Crippen molar-refractivity contribution < 1.29 is 0 Å². The molecule has 0 amide bonds. The molecule has 0 bridgehead atoms. The molecule has 3 nitrogen and oxygen atoms in total. The van der Waals surface area contributed by atoms with Crippen molar-refractivity contribution in [3.63, 3.8) is 0 Å². The minimum atomic E-state index is 0.599. The number of hydrogen-bond acceptors (Lipinski definition) is 4. The van der Waals surface area contributed by atoms with Crippen LogP contribution in [-0.4, -0.2) is 28.4 Å². The van der Waals surface area contributed by atoms with E-state index in [1.165, 1.54) is 31.1 Å². The van der Waals surface area contributed by atoms with E-state index in [0.29, 0.717) is 11.9 Å². The quantitative estimate of drug-likeness (QED) is 0.801. The third kappa shape index (κ3) is 2.19. The maximum absolute atomic E-state index is 5.97. The van der Waals surface area contributed by atoms with Crippen molar-refractivity contribution in [2.24, 2.45) is 0 Å².